The highest BCUT2D eigenvalue weighted by Gasteiger charge is 2.14. The number of hydrogen-bond acceptors (Lipinski definition) is 3. The summed E-state index contributed by atoms with van der Waals surface area (Å²) in [7, 11) is 0. The van der Waals surface area contributed by atoms with Crippen LogP contribution in [0, 0.1) is 6.92 Å². The van der Waals surface area contributed by atoms with Gasteiger partial charge in [0.05, 0.1) is 11.6 Å². The Kier molecular flexibility index (Phi) is 7.79. The Bertz CT molecular complexity index is 427. The van der Waals surface area contributed by atoms with Gasteiger partial charge < -0.3 is 11.1 Å². The van der Waals surface area contributed by atoms with Crippen molar-refractivity contribution in [2.45, 2.75) is 57.9 Å². The van der Waals surface area contributed by atoms with E-state index in [0.717, 1.165) is 10.7 Å². The van der Waals surface area contributed by atoms with Gasteiger partial charge in [-0.15, -0.1) is 35.3 Å². The van der Waals surface area contributed by atoms with Gasteiger partial charge in [-0.2, -0.15) is 0 Å². The molecule has 1 fully saturated rings. The minimum absolute atomic E-state index is 0. The smallest absolute Gasteiger partial charge is 0.188 e. The lowest BCUT2D eigenvalue weighted by molar-refractivity contribution is 0.412. The third-order valence-corrected chi connectivity index (χ3v) is 4.75. The van der Waals surface area contributed by atoms with Crippen LogP contribution in [0.3, 0.4) is 0 Å². The molecule has 1 unspecified atom stereocenters. The number of halogens is 1. The highest BCUT2D eigenvalue weighted by molar-refractivity contribution is 14.0. The molecule has 114 valence electrons. The van der Waals surface area contributed by atoms with Crippen molar-refractivity contribution >= 4 is 41.3 Å². The Morgan fingerprint density at radius 2 is 2.20 bits per heavy atom. The first kappa shape index (κ1) is 17.7. The Labute approximate surface area is 142 Å². The zero-order valence-electron chi connectivity index (χ0n) is 12.3. The van der Waals surface area contributed by atoms with Gasteiger partial charge >= 0.3 is 0 Å². The number of aromatic nitrogens is 1. The SMILES string of the molecule is Cc1csc(C(C)CN=C(N)NC2CCCCC2)n1.I. The summed E-state index contributed by atoms with van der Waals surface area (Å²) in [4.78, 5) is 8.95. The summed E-state index contributed by atoms with van der Waals surface area (Å²) in [5, 5.41) is 6.57. The average molecular weight is 408 g/mol. The molecular weight excluding hydrogens is 383 g/mol. The molecule has 0 aromatic carbocycles. The van der Waals surface area contributed by atoms with Crippen molar-refractivity contribution in [2.75, 3.05) is 6.54 Å². The number of nitrogens with two attached hydrogens (primary N) is 1. The molecule has 1 aromatic heterocycles. The first-order valence-electron chi connectivity index (χ1n) is 7.13. The molecule has 0 aliphatic heterocycles. The summed E-state index contributed by atoms with van der Waals surface area (Å²) in [6.07, 6.45) is 6.41. The van der Waals surface area contributed by atoms with Crippen molar-refractivity contribution in [3.63, 3.8) is 0 Å². The van der Waals surface area contributed by atoms with Crippen molar-refractivity contribution in [2.24, 2.45) is 10.7 Å². The van der Waals surface area contributed by atoms with Crippen molar-refractivity contribution in [3.8, 4) is 0 Å². The second kappa shape index (κ2) is 8.81. The van der Waals surface area contributed by atoms with Crippen LogP contribution in [-0.2, 0) is 0 Å². The number of nitrogens with zero attached hydrogens (tertiary/aromatic N) is 2. The fourth-order valence-electron chi connectivity index (χ4n) is 2.41. The minimum Gasteiger partial charge on any atom is -0.370 e. The molecule has 20 heavy (non-hydrogen) atoms. The number of guanidine groups is 1. The molecule has 2 rings (SSSR count). The summed E-state index contributed by atoms with van der Waals surface area (Å²) >= 11 is 1.70. The highest BCUT2D eigenvalue weighted by Crippen LogP contribution is 2.20. The topological polar surface area (TPSA) is 63.3 Å². The van der Waals surface area contributed by atoms with E-state index in [1.54, 1.807) is 11.3 Å². The normalized spacial score (nSPS) is 18.4. The summed E-state index contributed by atoms with van der Waals surface area (Å²) < 4.78 is 0. The number of hydrogen-bond donors (Lipinski definition) is 2. The van der Waals surface area contributed by atoms with E-state index < -0.39 is 0 Å². The predicted molar refractivity (Wildman–Crippen MR) is 97.2 cm³/mol. The van der Waals surface area contributed by atoms with E-state index in [0.29, 0.717) is 24.5 Å². The van der Waals surface area contributed by atoms with E-state index in [2.05, 4.69) is 27.6 Å². The van der Waals surface area contributed by atoms with E-state index in [4.69, 9.17) is 5.73 Å². The van der Waals surface area contributed by atoms with Gasteiger partial charge in [0, 0.05) is 23.0 Å². The summed E-state index contributed by atoms with van der Waals surface area (Å²) in [5.74, 6) is 0.928. The van der Waals surface area contributed by atoms with E-state index in [-0.39, 0.29) is 24.0 Å². The Morgan fingerprint density at radius 1 is 1.50 bits per heavy atom. The molecule has 1 aliphatic carbocycles. The largest absolute Gasteiger partial charge is 0.370 e. The molecule has 1 aliphatic rings. The average Bonchev–Trinajstić information content (AvgIpc) is 2.84. The molecule has 0 bridgehead atoms. The maximum absolute atomic E-state index is 5.96. The molecule has 0 spiro atoms. The van der Waals surface area contributed by atoms with Gasteiger partial charge in [-0.3, -0.25) is 4.99 Å². The lowest BCUT2D eigenvalue weighted by atomic mass is 9.96. The summed E-state index contributed by atoms with van der Waals surface area (Å²) in [5.41, 5.74) is 7.05. The molecule has 1 heterocycles. The van der Waals surface area contributed by atoms with Crippen molar-refractivity contribution in [1.82, 2.24) is 10.3 Å². The van der Waals surface area contributed by atoms with Gasteiger partial charge in [0.15, 0.2) is 5.96 Å². The van der Waals surface area contributed by atoms with Gasteiger partial charge in [0.1, 0.15) is 0 Å². The number of aliphatic imine (C=N–C) groups is 1. The fraction of sp³-hybridized carbons (Fsp3) is 0.714. The third-order valence-electron chi connectivity index (χ3n) is 3.55. The van der Waals surface area contributed by atoms with Crippen LogP contribution in [0.25, 0.3) is 0 Å². The standard InChI is InChI=1S/C14H24N4S.HI/c1-10(13-17-11(2)9-19-13)8-16-14(15)18-12-6-4-3-5-7-12;/h9-10,12H,3-8H2,1-2H3,(H3,15,16,18);1H. The number of rotatable bonds is 4. The van der Waals surface area contributed by atoms with Gasteiger partial charge in [0.25, 0.3) is 0 Å². The molecule has 4 nitrogen and oxygen atoms in total. The van der Waals surface area contributed by atoms with Gasteiger partial charge in [-0.1, -0.05) is 26.2 Å². The first-order valence-corrected chi connectivity index (χ1v) is 8.01. The molecule has 0 radical (unpaired) electrons. The first-order chi connectivity index (χ1) is 9.15. The number of nitrogens with one attached hydrogen (secondary N) is 1. The van der Waals surface area contributed by atoms with Crippen LogP contribution in [0.5, 0.6) is 0 Å². The minimum atomic E-state index is 0. The molecule has 0 amide bonds. The summed E-state index contributed by atoms with van der Waals surface area (Å²) in [6, 6.07) is 0.523. The second-order valence-electron chi connectivity index (χ2n) is 5.43. The molecule has 6 heteroatoms. The van der Waals surface area contributed by atoms with E-state index >= 15 is 0 Å². The lowest BCUT2D eigenvalue weighted by Gasteiger charge is -2.23. The number of aryl methyl sites for hydroxylation is 1. The maximum Gasteiger partial charge on any atom is 0.188 e. The van der Waals surface area contributed by atoms with E-state index in [9.17, 15) is 0 Å². The van der Waals surface area contributed by atoms with Crippen LogP contribution in [0.1, 0.15) is 55.6 Å². The van der Waals surface area contributed by atoms with Crippen LogP contribution in [-0.4, -0.2) is 23.5 Å². The summed E-state index contributed by atoms with van der Waals surface area (Å²) in [6.45, 7) is 4.88. The lowest BCUT2D eigenvalue weighted by Crippen LogP contribution is -2.41. The Morgan fingerprint density at radius 3 is 2.80 bits per heavy atom. The van der Waals surface area contributed by atoms with Crippen LogP contribution < -0.4 is 11.1 Å². The molecule has 1 saturated carbocycles. The molecule has 1 aromatic rings. The molecule has 0 saturated heterocycles. The zero-order chi connectivity index (χ0) is 13.7. The van der Waals surface area contributed by atoms with Gasteiger partial charge in [-0.25, -0.2) is 4.98 Å². The van der Waals surface area contributed by atoms with Crippen molar-refractivity contribution < 1.29 is 0 Å². The van der Waals surface area contributed by atoms with E-state index in [1.807, 2.05) is 6.92 Å². The van der Waals surface area contributed by atoms with Crippen LogP contribution in [0.15, 0.2) is 10.4 Å². The van der Waals surface area contributed by atoms with Crippen molar-refractivity contribution in [3.05, 3.63) is 16.1 Å². The second-order valence-corrected chi connectivity index (χ2v) is 6.32. The molecule has 1 atom stereocenters. The fourth-order valence-corrected chi connectivity index (χ4v) is 3.26. The van der Waals surface area contributed by atoms with Crippen LogP contribution in [0.2, 0.25) is 0 Å². The monoisotopic (exact) mass is 408 g/mol. The van der Waals surface area contributed by atoms with Gasteiger partial charge in [0.2, 0.25) is 0 Å². The molecular formula is C14H25IN4S. The van der Waals surface area contributed by atoms with E-state index in [1.165, 1.54) is 32.1 Å². The maximum atomic E-state index is 5.96. The predicted octanol–water partition coefficient (Wildman–Crippen LogP) is 3.41. The number of thiazole rings is 1. The zero-order valence-corrected chi connectivity index (χ0v) is 15.4. The Hall–Kier alpha value is -0.370. The van der Waals surface area contributed by atoms with Gasteiger partial charge in [-0.05, 0) is 19.8 Å². The Balaban J connectivity index is 0.00000200. The molecule has 3 N–H and O–H groups in total. The van der Waals surface area contributed by atoms with Crippen molar-refractivity contribution in [1.29, 1.82) is 0 Å². The third kappa shape index (κ3) is 5.55. The van der Waals surface area contributed by atoms with Crippen LogP contribution in [0.4, 0.5) is 0 Å². The highest BCUT2D eigenvalue weighted by atomic mass is 127. The quantitative estimate of drug-likeness (QED) is 0.456. The van der Waals surface area contributed by atoms with Crippen LogP contribution >= 0.6 is 35.3 Å².